The highest BCUT2D eigenvalue weighted by atomic mass is 79.9. The van der Waals surface area contributed by atoms with Crippen molar-refractivity contribution >= 4 is 27.1 Å². The largest absolute Gasteiger partial charge is 0.397 e. The zero-order chi connectivity index (χ0) is 10.1. The average Bonchev–Trinajstić information content (AvgIpc) is 2.46. The third-order valence-electron chi connectivity index (χ3n) is 2.06. The van der Waals surface area contributed by atoms with Gasteiger partial charge in [-0.2, -0.15) is 0 Å². The molecule has 0 aliphatic rings. The molecule has 0 saturated carbocycles. The van der Waals surface area contributed by atoms with Gasteiger partial charge in [0.25, 0.3) is 0 Å². The monoisotopic (exact) mass is 254 g/mol. The SMILES string of the molecule is CNCc1nc(Br)c2c(N)cccn12. The molecule has 2 rings (SSSR count). The molecule has 14 heavy (non-hydrogen) atoms. The standard InChI is InChI=1S/C9H11BrN4/c1-12-5-7-13-9(10)8-6(11)3-2-4-14(7)8/h2-4,12H,5,11H2,1H3. The topological polar surface area (TPSA) is 55.3 Å². The van der Waals surface area contributed by atoms with Gasteiger partial charge in [-0.05, 0) is 35.1 Å². The summed E-state index contributed by atoms with van der Waals surface area (Å²) < 4.78 is 2.77. The summed E-state index contributed by atoms with van der Waals surface area (Å²) in [4.78, 5) is 4.38. The van der Waals surface area contributed by atoms with E-state index >= 15 is 0 Å². The van der Waals surface area contributed by atoms with E-state index in [9.17, 15) is 0 Å². The molecule has 0 radical (unpaired) electrons. The number of nitrogens with one attached hydrogen (secondary N) is 1. The van der Waals surface area contributed by atoms with Gasteiger partial charge in [0.2, 0.25) is 0 Å². The number of fused-ring (bicyclic) bond motifs is 1. The first-order valence-corrected chi connectivity index (χ1v) is 5.09. The summed E-state index contributed by atoms with van der Waals surface area (Å²) in [6.07, 6.45) is 1.95. The van der Waals surface area contributed by atoms with Crippen molar-refractivity contribution in [2.45, 2.75) is 6.54 Å². The predicted molar refractivity (Wildman–Crippen MR) is 60.1 cm³/mol. The number of pyridine rings is 1. The fourth-order valence-electron chi connectivity index (χ4n) is 1.46. The van der Waals surface area contributed by atoms with Gasteiger partial charge in [0, 0.05) is 6.20 Å². The highest BCUT2D eigenvalue weighted by molar-refractivity contribution is 9.10. The molecule has 0 bridgehead atoms. The molecule has 0 atom stereocenters. The average molecular weight is 255 g/mol. The molecule has 0 aliphatic heterocycles. The van der Waals surface area contributed by atoms with Gasteiger partial charge in [0.15, 0.2) is 0 Å². The summed E-state index contributed by atoms with van der Waals surface area (Å²) in [5.74, 6) is 0.946. The van der Waals surface area contributed by atoms with Gasteiger partial charge in [-0.1, -0.05) is 0 Å². The van der Waals surface area contributed by atoms with Crippen LogP contribution in [-0.4, -0.2) is 16.4 Å². The molecule has 5 heteroatoms. The van der Waals surface area contributed by atoms with Gasteiger partial charge in [-0.15, -0.1) is 0 Å². The van der Waals surface area contributed by atoms with Crippen LogP contribution >= 0.6 is 15.9 Å². The van der Waals surface area contributed by atoms with Crippen LogP contribution in [0.4, 0.5) is 5.69 Å². The smallest absolute Gasteiger partial charge is 0.134 e. The van der Waals surface area contributed by atoms with E-state index in [4.69, 9.17) is 5.73 Å². The number of imidazole rings is 1. The Morgan fingerprint density at radius 2 is 2.43 bits per heavy atom. The zero-order valence-electron chi connectivity index (χ0n) is 7.79. The van der Waals surface area contributed by atoms with Crippen LogP contribution < -0.4 is 11.1 Å². The van der Waals surface area contributed by atoms with Crippen molar-refractivity contribution in [1.82, 2.24) is 14.7 Å². The number of nitrogen functional groups attached to an aromatic ring is 1. The first-order valence-electron chi connectivity index (χ1n) is 4.29. The van der Waals surface area contributed by atoms with E-state index in [1.54, 1.807) is 0 Å². The number of nitrogens with two attached hydrogens (primary N) is 1. The van der Waals surface area contributed by atoms with Gasteiger partial charge < -0.3 is 11.1 Å². The molecule has 0 unspecified atom stereocenters. The lowest BCUT2D eigenvalue weighted by molar-refractivity contribution is 0.754. The van der Waals surface area contributed by atoms with E-state index in [0.717, 1.165) is 28.2 Å². The van der Waals surface area contributed by atoms with Gasteiger partial charge in [-0.3, -0.25) is 4.40 Å². The minimum atomic E-state index is 0.718. The van der Waals surface area contributed by atoms with Gasteiger partial charge in [0.05, 0.1) is 12.2 Å². The highest BCUT2D eigenvalue weighted by Gasteiger charge is 2.09. The van der Waals surface area contributed by atoms with Crippen molar-refractivity contribution in [1.29, 1.82) is 0 Å². The first kappa shape index (κ1) is 9.48. The Morgan fingerprint density at radius 1 is 1.64 bits per heavy atom. The number of aromatic nitrogens is 2. The van der Waals surface area contributed by atoms with Crippen molar-refractivity contribution in [2.24, 2.45) is 0 Å². The number of halogens is 1. The van der Waals surface area contributed by atoms with Gasteiger partial charge in [-0.25, -0.2) is 4.98 Å². The summed E-state index contributed by atoms with van der Waals surface area (Å²) >= 11 is 3.40. The molecule has 0 aromatic carbocycles. The van der Waals surface area contributed by atoms with E-state index in [-0.39, 0.29) is 0 Å². The molecule has 0 fully saturated rings. The van der Waals surface area contributed by atoms with E-state index < -0.39 is 0 Å². The summed E-state index contributed by atoms with van der Waals surface area (Å²) in [5.41, 5.74) is 7.51. The second kappa shape index (κ2) is 3.59. The first-order chi connectivity index (χ1) is 6.74. The van der Waals surface area contributed by atoms with E-state index in [1.165, 1.54) is 0 Å². The van der Waals surface area contributed by atoms with E-state index in [1.807, 2.05) is 29.8 Å². The third-order valence-corrected chi connectivity index (χ3v) is 2.61. The van der Waals surface area contributed by atoms with Gasteiger partial charge >= 0.3 is 0 Å². The molecular weight excluding hydrogens is 244 g/mol. The molecule has 0 amide bonds. The number of hydrogen-bond donors (Lipinski definition) is 2. The number of anilines is 1. The number of nitrogens with zero attached hydrogens (tertiary/aromatic N) is 2. The van der Waals surface area contributed by atoms with Crippen molar-refractivity contribution < 1.29 is 0 Å². The lowest BCUT2D eigenvalue weighted by Crippen LogP contribution is -2.08. The summed E-state index contributed by atoms with van der Waals surface area (Å²) in [7, 11) is 1.89. The Kier molecular flexibility index (Phi) is 2.43. The minimum Gasteiger partial charge on any atom is -0.397 e. The van der Waals surface area contributed by atoms with E-state index in [2.05, 4.69) is 26.2 Å². The lowest BCUT2D eigenvalue weighted by Gasteiger charge is -2.01. The van der Waals surface area contributed by atoms with Crippen LogP contribution in [0, 0.1) is 0 Å². The minimum absolute atomic E-state index is 0.718. The molecule has 0 saturated heterocycles. The lowest BCUT2D eigenvalue weighted by atomic mass is 10.3. The van der Waals surface area contributed by atoms with Crippen LogP contribution in [0.1, 0.15) is 5.82 Å². The molecular formula is C9H11BrN4. The number of hydrogen-bond acceptors (Lipinski definition) is 3. The summed E-state index contributed by atoms with van der Waals surface area (Å²) in [5, 5.41) is 3.06. The Morgan fingerprint density at radius 3 is 3.14 bits per heavy atom. The Hall–Kier alpha value is -1.07. The number of rotatable bonds is 2. The third kappa shape index (κ3) is 1.38. The van der Waals surface area contributed by atoms with Crippen molar-refractivity contribution in [3.8, 4) is 0 Å². The van der Waals surface area contributed by atoms with Crippen LogP contribution in [0.15, 0.2) is 22.9 Å². The van der Waals surface area contributed by atoms with Crippen LogP contribution in [0.25, 0.3) is 5.52 Å². The summed E-state index contributed by atoms with van der Waals surface area (Å²) in [6, 6.07) is 3.78. The molecule has 2 aromatic heterocycles. The Labute approximate surface area is 90.3 Å². The van der Waals surface area contributed by atoms with Crippen molar-refractivity contribution in [2.75, 3.05) is 12.8 Å². The molecule has 0 spiro atoms. The normalized spacial score (nSPS) is 11.0. The second-order valence-corrected chi connectivity index (χ2v) is 3.78. The zero-order valence-corrected chi connectivity index (χ0v) is 9.37. The molecule has 2 aromatic rings. The van der Waals surface area contributed by atoms with Gasteiger partial charge in [0.1, 0.15) is 15.9 Å². The predicted octanol–water partition coefficient (Wildman–Crippen LogP) is 1.40. The van der Waals surface area contributed by atoms with E-state index in [0.29, 0.717) is 0 Å². The molecule has 4 nitrogen and oxygen atoms in total. The fraction of sp³-hybridized carbons (Fsp3) is 0.222. The maximum absolute atomic E-state index is 5.86. The molecule has 2 heterocycles. The second-order valence-electron chi connectivity index (χ2n) is 3.03. The Bertz CT molecular complexity index is 463. The van der Waals surface area contributed by atoms with Crippen LogP contribution in [-0.2, 0) is 6.54 Å². The maximum atomic E-state index is 5.86. The molecule has 74 valence electrons. The van der Waals surface area contributed by atoms with Crippen LogP contribution in [0.2, 0.25) is 0 Å². The molecule has 0 aliphatic carbocycles. The maximum Gasteiger partial charge on any atom is 0.134 e. The quantitative estimate of drug-likeness (QED) is 0.852. The summed E-state index contributed by atoms with van der Waals surface area (Å²) in [6.45, 7) is 0.718. The van der Waals surface area contributed by atoms with Crippen LogP contribution in [0.3, 0.4) is 0 Å². The Balaban J connectivity index is 2.71. The highest BCUT2D eigenvalue weighted by Crippen LogP contribution is 2.23. The van der Waals surface area contributed by atoms with Crippen LogP contribution in [0.5, 0.6) is 0 Å². The molecule has 3 N–H and O–H groups in total. The van der Waals surface area contributed by atoms with Crippen molar-refractivity contribution in [3.05, 3.63) is 28.8 Å². The fourth-order valence-corrected chi connectivity index (χ4v) is 2.09. The van der Waals surface area contributed by atoms with Crippen molar-refractivity contribution in [3.63, 3.8) is 0 Å².